The van der Waals surface area contributed by atoms with Crippen LogP contribution in [0.2, 0.25) is 0 Å². The normalized spacial score (nSPS) is 14.4. The third kappa shape index (κ3) is 34.1. The van der Waals surface area contributed by atoms with Crippen LogP contribution in [0.5, 0.6) is 5.75 Å². The van der Waals surface area contributed by atoms with Crippen LogP contribution in [0.3, 0.4) is 0 Å². The Morgan fingerprint density at radius 3 is 1.32 bits per heavy atom. The molecule has 1 heteroatoms. The molecule has 2 aliphatic rings. The van der Waals surface area contributed by atoms with Crippen molar-refractivity contribution in [1.29, 1.82) is 0 Å². The van der Waals surface area contributed by atoms with Crippen molar-refractivity contribution in [3.05, 3.63) is 370 Å². The van der Waals surface area contributed by atoms with E-state index in [0.29, 0.717) is 23.2 Å². The van der Waals surface area contributed by atoms with Crippen LogP contribution in [0.15, 0.2) is 231 Å². The highest BCUT2D eigenvalue weighted by atomic mass is 16.5. The SMILES string of the molecule is CCCCc1ccccc1C.CCCc1ccccc1C.CCc1ccccc1C.COc1cc(CC(C)C(C)(C)C)c(C)c(C(C)(C)C)c1.Cc1c(C(C)C)cc(C(C)(C)C)cc1C(C)(C)C.Cc1c(C(C)c2ccccc2)cc2ccccc2c1C(C)(C)C.Cc1c(C2CCCCC2C)ccc2c1CCCC2.Cc1ccc2ccccc2c1C(C)(C)C(C)(C)C.Cc1ccccc1C(C)(C)C. The van der Waals surface area contributed by atoms with Crippen molar-refractivity contribution >= 4 is 21.5 Å². The lowest BCUT2D eigenvalue weighted by atomic mass is 9.63. The number of unbranched alkanes of at least 4 members (excludes halogenated alkanes) is 1. The minimum Gasteiger partial charge on any atom is -0.497 e. The van der Waals surface area contributed by atoms with Gasteiger partial charge in [-0.25, -0.2) is 0 Å². The Kier molecular flexibility index (Phi) is 44.9. The second kappa shape index (κ2) is 52.6. The maximum atomic E-state index is 5.51. The summed E-state index contributed by atoms with van der Waals surface area (Å²) in [6.45, 7) is 91.5. The number of ether oxygens (including phenoxy) is 1. The smallest absolute Gasteiger partial charge is 0.119 e. The maximum Gasteiger partial charge on any atom is 0.119 e. The molecule has 0 saturated heterocycles. The summed E-state index contributed by atoms with van der Waals surface area (Å²) in [5.41, 5.74) is 38.8. The van der Waals surface area contributed by atoms with E-state index in [4.69, 9.17) is 4.74 Å². The van der Waals surface area contributed by atoms with Crippen LogP contribution in [0.1, 0.15) is 429 Å². The lowest BCUT2D eigenvalue weighted by molar-refractivity contribution is 0.226. The second-order valence-corrected chi connectivity index (χ2v) is 49.0. The Morgan fingerprint density at radius 2 is 0.848 bits per heavy atom. The molecule has 0 bridgehead atoms. The topological polar surface area (TPSA) is 9.23 Å². The van der Waals surface area contributed by atoms with Gasteiger partial charge in [-0.15, -0.1) is 0 Å². The first-order valence-electron chi connectivity index (χ1n) is 53.6. The van der Waals surface area contributed by atoms with Crippen LogP contribution in [-0.2, 0) is 71.0 Å². The highest BCUT2D eigenvalue weighted by Gasteiger charge is 2.37. The summed E-state index contributed by atoms with van der Waals surface area (Å²) in [6.07, 6.45) is 19.7. The van der Waals surface area contributed by atoms with Crippen molar-refractivity contribution in [2.75, 3.05) is 7.11 Å². The summed E-state index contributed by atoms with van der Waals surface area (Å²) < 4.78 is 5.51. The second-order valence-electron chi connectivity index (χ2n) is 49.0. The van der Waals surface area contributed by atoms with E-state index in [1.54, 1.807) is 29.4 Å². The predicted molar refractivity (Wildman–Crippen MR) is 618 cm³/mol. The largest absolute Gasteiger partial charge is 0.497 e. The van der Waals surface area contributed by atoms with E-state index in [-0.39, 0.29) is 37.9 Å². The summed E-state index contributed by atoms with van der Waals surface area (Å²) in [5, 5.41) is 5.48. The predicted octanol–water partition coefficient (Wildman–Crippen LogP) is 40.6. The highest BCUT2D eigenvalue weighted by Crippen LogP contribution is 2.47. The number of rotatable bonds is 14. The van der Waals surface area contributed by atoms with Gasteiger partial charge in [0, 0.05) is 5.92 Å². The molecule has 750 valence electrons. The molecule has 0 aromatic heterocycles. The van der Waals surface area contributed by atoms with Gasteiger partial charge in [0.25, 0.3) is 0 Å². The van der Waals surface area contributed by atoms with Crippen molar-refractivity contribution in [3.63, 3.8) is 0 Å². The summed E-state index contributed by atoms with van der Waals surface area (Å²) in [5.74, 6) is 4.35. The first kappa shape index (κ1) is 118. The zero-order valence-electron chi connectivity index (χ0n) is 95.8. The number of hydrogen-bond donors (Lipinski definition) is 0. The van der Waals surface area contributed by atoms with Gasteiger partial charge in [-0.2, -0.15) is 0 Å². The number of fused-ring (bicyclic) bond motifs is 3. The fourth-order valence-electron chi connectivity index (χ4n) is 20.5. The van der Waals surface area contributed by atoms with Gasteiger partial charge in [0.2, 0.25) is 0 Å². The third-order valence-corrected chi connectivity index (χ3v) is 30.6. The lowest BCUT2D eigenvalue weighted by Crippen LogP contribution is -2.34. The summed E-state index contributed by atoms with van der Waals surface area (Å²) in [7, 11) is 1.76. The molecule has 12 aromatic rings. The number of methoxy groups -OCH3 is 1. The molecule has 0 amide bonds. The zero-order valence-corrected chi connectivity index (χ0v) is 95.8. The van der Waals surface area contributed by atoms with Gasteiger partial charge in [0.05, 0.1) is 7.11 Å². The van der Waals surface area contributed by atoms with E-state index < -0.39 is 0 Å². The Labute approximate surface area is 849 Å². The van der Waals surface area contributed by atoms with Gasteiger partial charge in [-0.3, -0.25) is 0 Å². The van der Waals surface area contributed by atoms with E-state index in [1.165, 1.54) is 222 Å². The fourth-order valence-corrected chi connectivity index (χ4v) is 20.5. The molecule has 0 spiro atoms. The van der Waals surface area contributed by atoms with Crippen molar-refractivity contribution in [2.24, 2.45) is 22.7 Å². The van der Waals surface area contributed by atoms with Crippen LogP contribution in [0, 0.1) is 85.0 Å². The average molecular weight is 1860 g/mol. The Morgan fingerprint density at radius 1 is 0.362 bits per heavy atom. The van der Waals surface area contributed by atoms with Gasteiger partial charge in [0.1, 0.15) is 5.75 Å². The Hall–Kier alpha value is -9.04. The molecule has 1 saturated carbocycles. The molecule has 2 aliphatic carbocycles. The zero-order chi connectivity index (χ0) is 103. The molecular weight excluding hydrogens is 1660 g/mol. The Bertz CT molecular complexity index is 5710. The summed E-state index contributed by atoms with van der Waals surface area (Å²) in [6, 6.07) is 83.6. The quantitative estimate of drug-likeness (QED) is 0.105. The molecule has 4 unspecified atom stereocenters. The highest BCUT2D eigenvalue weighted by molar-refractivity contribution is 5.90. The fraction of sp³-hybridized carbons (Fsp3) is 0.504. The van der Waals surface area contributed by atoms with Crippen LogP contribution in [0.25, 0.3) is 21.5 Å². The molecule has 0 N–H and O–H groups in total. The Balaban J connectivity index is 0.000000242. The van der Waals surface area contributed by atoms with Gasteiger partial charge in [-0.1, -0.05) is 465 Å². The van der Waals surface area contributed by atoms with E-state index in [9.17, 15) is 0 Å². The monoisotopic (exact) mass is 1860 g/mol. The molecule has 1 fully saturated rings. The van der Waals surface area contributed by atoms with E-state index in [2.05, 4.69) is 507 Å². The van der Waals surface area contributed by atoms with Gasteiger partial charge in [0.15, 0.2) is 0 Å². The molecule has 14 rings (SSSR count). The van der Waals surface area contributed by atoms with E-state index in [0.717, 1.165) is 30.4 Å². The van der Waals surface area contributed by atoms with Crippen molar-refractivity contribution in [2.45, 2.75) is 424 Å². The molecular formula is C137H196O. The number of benzene rings is 12. The van der Waals surface area contributed by atoms with Crippen molar-refractivity contribution in [3.8, 4) is 5.75 Å². The first-order valence-corrected chi connectivity index (χ1v) is 53.6. The first-order chi connectivity index (χ1) is 64.4. The molecule has 4 atom stereocenters. The lowest BCUT2D eigenvalue weighted by Gasteiger charge is -2.41. The average Bonchev–Trinajstić information content (AvgIpc) is 0.759. The minimum atomic E-state index is 0.135. The standard InChI is InChI=1S/C23H26.C19H32O.C18H26.C18H24.C18H30.2C11H16.C10H14.C9H12/c1-16(18-11-7-6-8-12-18)21-15-19-13-9-10-14-20(19)22(17(21)2)23(3,4)5;1-13(18(3,4)5)10-15-11-16(20-9)12-17(14(15)2)19(6,7)8;1-13-7-3-5-9-16(13)18-12-11-15-8-4-6-10-17(15)14(18)2;1-13-11-12-14-9-7-8-10-15(14)16(13)18(5,6)17(2,3)4;1-12(2)15-10-14(17(4,5)6)11-16(13(15)3)18(7,8)9;1-9-7-5-6-8-10(9)11(2,3)4;1-3-4-8-11-9-6-5-7-10(11)2;1-3-6-10-8-5-4-7-9(10)2;1-3-9-7-5-4-6-8(9)2/h6-16H,1-5H3;11-13H,10H2,1-9H3;11-13,16H,3-10H2,1-2H3;7-12H,1-6H3;10-12H,1-9H3;5-8H,1-4H3;5-7,9H,3-4,8H2,1-2H3;4-5,7-8H,3,6H2,1-2H3;4-7H,3H2,1-2H3. The van der Waals surface area contributed by atoms with Gasteiger partial charge >= 0.3 is 0 Å². The van der Waals surface area contributed by atoms with Gasteiger partial charge in [-0.05, 0) is 366 Å². The summed E-state index contributed by atoms with van der Waals surface area (Å²) in [4.78, 5) is 0. The molecule has 0 radical (unpaired) electrons. The number of aryl methyl sites for hydroxylation is 9. The molecule has 138 heavy (non-hydrogen) atoms. The third-order valence-electron chi connectivity index (χ3n) is 30.6. The van der Waals surface area contributed by atoms with Crippen LogP contribution >= 0.6 is 0 Å². The summed E-state index contributed by atoms with van der Waals surface area (Å²) >= 11 is 0. The number of hydrogen-bond acceptors (Lipinski definition) is 1. The molecule has 0 heterocycles. The van der Waals surface area contributed by atoms with Crippen molar-refractivity contribution in [1.82, 2.24) is 0 Å². The molecule has 1 nitrogen and oxygen atoms in total. The van der Waals surface area contributed by atoms with Gasteiger partial charge < -0.3 is 4.74 Å². The van der Waals surface area contributed by atoms with Crippen molar-refractivity contribution < 1.29 is 4.74 Å². The van der Waals surface area contributed by atoms with Crippen LogP contribution < -0.4 is 4.74 Å². The van der Waals surface area contributed by atoms with Crippen LogP contribution in [-0.4, -0.2) is 7.11 Å². The van der Waals surface area contributed by atoms with Crippen LogP contribution in [0.4, 0.5) is 0 Å². The minimum absolute atomic E-state index is 0.135. The van der Waals surface area contributed by atoms with E-state index >= 15 is 0 Å². The van der Waals surface area contributed by atoms with E-state index in [1.807, 2.05) is 0 Å². The molecule has 12 aromatic carbocycles. The molecule has 0 aliphatic heterocycles. The maximum absolute atomic E-state index is 5.51.